The lowest BCUT2D eigenvalue weighted by atomic mass is 10.1. The molecule has 0 rings (SSSR count). The smallest absolute Gasteiger partial charge is 0.362 e. The number of rotatable bonds is 16. The highest BCUT2D eigenvalue weighted by atomic mass is 31.2. The Bertz CT molecular complexity index is 479. The number of hydrogen-bond acceptors (Lipinski definition) is 2. The average Bonchev–Trinajstić information content (AvgIpc) is 2.52. The van der Waals surface area contributed by atoms with Crippen LogP contribution in [0.1, 0.15) is 77.6 Å². The van der Waals surface area contributed by atoms with Gasteiger partial charge in [0.25, 0.3) is 0 Å². The van der Waals surface area contributed by atoms with Crippen LogP contribution in [-0.2, 0) is 4.57 Å². The van der Waals surface area contributed by atoms with E-state index in [9.17, 15) is 19.5 Å². The summed E-state index contributed by atoms with van der Waals surface area (Å²) in [4.78, 5) is 19.1. The molecule has 27 heavy (non-hydrogen) atoms. The van der Waals surface area contributed by atoms with E-state index in [1.807, 2.05) is 21.1 Å². The van der Waals surface area contributed by atoms with Crippen LogP contribution in [0.25, 0.3) is 0 Å². The SMILES string of the molecule is CC/C=C\CCC/C=C\CCCCCCCC(O)(C[N+](C)(C)C)P(=O)(O)O. The molecule has 0 aromatic heterocycles. The normalized spacial score (nSPS) is 15.7. The molecule has 0 heterocycles. The monoisotopic (exact) mass is 404 g/mol. The van der Waals surface area contributed by atoms with E-state index in [0.29, 0.717) is 10.9 Å². The zero-order valence-corrected chi connectivity index (χ0v) is 18.8. The van der Waals surface area contributed by atoms with Crippen molar-refractivity contribution in [1.29, 1.82) is 0 Å². The van der Waals surface area contributed by atoms with E-state index in [1.54, 1.807) is 0 Å². The van der Waals surface area contributed by atoms with Crippen LogP contribution in [0.4, 0.5) is 0 Å². The maximum Gasteiger partial charge on any atom is 0.362 e. The van der Waals surface area contributed by atoms with Crippen molar-refractivity contribution in [2.24, 2.45) is 0 Å². The molecule has 0 aliphatic rings. The van der Waals surface area contributed by atoms with Gasteiger partial charge in [0.1, 0.15) is 6.54 Å². The summed E-state index contributed by atoms with van der Waals surface area (Å²) in [6.07, 6.45) is 19.7. The summed E-state index contributed by atoms with van der Waals surface area (Å²) in [7, 11) is 0.944. The number of hydrogen-bond donors (Lipinski definition) is 3. The number of nitrogens with zero attached hydrogens (tertiary/aromatic N) is 1. The van der Waals surface area contributed by atoms with Crippen molar-refractivity contribution in [2.75, 3.05) is 27.7 Å². The summed E-state index contributed by atoms with van der Waals surface area (Å²) in [5, 5.41) is 8.57. The Morgan fingerprint density at radius 3 is 1.81 bits per heavy atom. The summed E-state index contributed by atoms with van der Waals surface area (Å²) in [5.41, 5.74) is 0. The molecule has 1 unspecified atom stereocenters. The standard InChI is InChI=1S/C21H42NO4P/c1-5-6-7-8-9-10-11-12-13-14-15-16-17-18-19-21(23,27(24,25)26)20-22(2,3)4/h6-7,11-12,23H,5,8-10,13-20H2,1-4H3,(H-,24,25,26)/p+1/b7-6-,12-11-. The molecule has 0 saturated carbocycles. The van der Waals surface area contributed by atoms with Gasteiger partial charge in [-0.3, -0.25) is 4.57 Å². The molecule has 160 valence electrons. The second-order valence-electron chi connectivity index (χ2n) is 8.56. The first kappa shape index (κ1) is 26.6. The summed E-state index contributed by atoms with van der Waals surface area (Å²) in [6.45, 7) is 2.20. The maximum atomic E-state index is 11.7. The van der Waals surface area contributed by atoms with Gasteiger partial charge in [0.05, 0.1) is 21.1 Å². The van der Waals surface area contributed by atoms with Crippen LogP contribution in [0.3, 0.4) is 0 Å². The quantitative estimate of drug-likeness (QED) is 0.147. The molecule has 0 bridgehead atoms. The summed E-state index contributed by atoms with van der Waals surface area (Å²) < 4.78 is 12.0. The van der Waals surface area contributed by atoms with E-state index < -0.39 is 12.9 Å². The molecule has 0 radical (unpaired) electrons. The molecule has 0 spiro atoms. The van der Waals surface area contributed by atoms with Crippen LogP contribution in [0.5, 0.6) is 0 Å². The van der Waals surface area contributed by atoms with Crippen LogP contribution in [0.2, 0.25) is 0 Å². The van der Waals surface area contributed by atoms with Crippen LogP contribution in [-0.4, -0.2) is 52.4 Å². The lowest BCUT2D eigenvalue weighted by Crippen LogP contribution is -2.49. The van der Waals surface area contributed by atoms with Gasteiger partial charge in [-0.25, -0.2) is 0 Å². The van der Waals surface area contributed by atoms with Gasteiger partial charge in [-0.2, -0.15) is 0 Å². The predicted molar refractivity (Wildman–Crippen MR) is 115 cm³/mol. The van der Waals surface area contributed by atoms with Gasteiger partial charge in [0.15, 0.2) is 0 Å². The Hall–Kier alpha value is -0.450. The van der Waals surface area contributed by atoms with Crippen molar-refractivity contribution in [1.82, 2.24) is 0 Å². The third-order valence-electron chi connectivity index (χ3n) is 4.53. The molecule has 3 N–H and O–H groups in total. The van der Waals surface area contributed by atoms with Crippen LogP contribution >= 0.6 is 7.60 Å². The van der Waals surface area contributed by atoms with Gasteiger partial charge in [-0.1, -0.05) is 50.5 Å². The number of unbranched alkanes of at least 4 members (excludes halogenated alkanes) is 7. The predicted octanol–water partition coefficient (Wildman–Crippen LogP) is 4.98. The van der Waals surface area contributed by atoms with E-state index in [0.717, 1.165) is 51.4 Å². The highest BCUT2D eigenvalue weighted by Gasteiger charge is 2.48. The molecular weight excluding hydrogens is 361 g/mol. The number of allylic oxidation sites excluding steroid dienone is 4. The van der Waals surface area contributed by atoms with Gasteiger partial charge in [-0.15, -0.1) is 0 Å². The van der Waals surface area contributed by atoms with Crippen LogP contribution in [0.15, 0.2) is 24.3 Å². The molecule has 0 aliphatic heterocycles. The van der Waals surface area contributed by atoms with Crippen LogP contribution in [0, 0.1) is 0 Å². The first-order chi connectivity index (χ1) is 12.5. The fourth-order valence-corrected chi connectivity index (χ4v) is 4.21. The van der Waals surface area contributed by atoms with Crippen molar-refractivity contribution in [3.63, 3.8) is 0 Å². The number of quaternary nitrogens is 1. The molecule has 5 nitrogen and oxygen atoms in total. The van der Waals surface area contributed by atoms with E-state index in [2.05, 4.69) is 31.2 Å². The van der Waals surface area contributed by atoms with Crippen molar-refractivity contribution in [3.8, 4) is 0 Å². The molecular formula is C21H43NO4P+. The van der Waals surface area contributed by atoms with E-state index in [-0.39, 0.29) is 13.0 Å². The lowest BCUT2D eigenvalue weighted by molar-refractivity contribution is -0.875. The van der Waals surface area contributed by atoms with Crippen molar-refractivity contribution in [2.45, 2.75) is 82.9 Å². The summed E-state index contributed by atoms with van der Waals surface area (Å²) in [6, 6.07) is 0. The van der Waals surface area contributed by atoms with Gasteiger partial charge in [-0.05, 0) is 51.4 Å². The number of likely N-dealkylation sites (N-methyl/N-ethyl adjacent to an activating group) is 1. The average molecular weight is 405 g/mol. The fourth-order valence-electron chi connectivity index (χ4n) is 3.15. The van der Waals surface area contributed by atoms with Gasteiger partial charge in [0.2, 0.25) is 5.34 Å². The van der Waals surface area contributed by atoms with E-state index in [1.165, 1.54) is 6.42 Å². The highest BCUT2D eigenvalue weighted by molar-refractivity contribution is 7.53. The largest absolute Gasteiger partial charge is 0.373 e. The number of aliphatic hydroxyl groups is 1. The Morgan fingerprint density at radius 1 is 0.815 bits per heavy atom. The summed E-state index contributed by atoms with van der Waals surface area (Å²) >= 11 is 0. The minimum Gasteiger partial charge on any atom is -0.373 e. The van der Waals surface area contributed by atoms with E-state index in [4.69, 9.17) is 0 Å². The molecule has 1 atom stereocenters. The fraction of sp³-hybridized carbons (Fsp3) is 0.810. The molecule has 0 amide bonds. The molecule has 0 saturated heterocycles. The zero-order valence-electron chi connectivity index (χ0n) is 17.9. The summed E-state index contributed by atoms with van der Waals surface area (Å²) in [5.74, 6) is 0. The van der Waals surface area contributed by atoms with Gasteiger partial charge < -0.3 is 19.4 Å². The molecule has 0 fully saturated rings. The Kier molecular flexibility index (Phi) is 13.5. The van der Waals surface area contributed by atoms with Crippen LogP contribution < -0.4 is 0 Å². The van der Waals surface area contributed by atoms with Crippen molar-refractivity contribution in [3.05, 3.63) is 24.3 Å². The Morgan fingerprint density at radius 2 is 1.30 bits per heavy atom. The third-order valence-corrected chi connectivity index (χ3v) is 5.98. The van der Waals surface area contributed by atoms with Gasteiger partial charge in [0, 0.05) is 0 Å². The molecule has 0 aromatic carbocycles. The van der Waals surface area contributed by atoms with Crippen molar-refractivity contribution >= 4 is 7.60 Å². The van der Waals surface area contributed by atoms with Gasteiger partial charge >= 0.3 is 7.60 Å². The first-order valence-electron chi connectivity index (χ1n) is 10.4. The third kappa shape index (κ3) is 14.2. The second kappa shape index (κ2) is 13.7. The van der Waals surface area contributed by atoms with Crippen molar-refractivity contribution < 1.29 is 23.9 Å². The Labute approximate surface area is 166 Å². The molecule has 0 aliphatic carbocycles. The molecule has 0 aromatic rings. The minimum atomic E-state index is -4.54. The lowest BCUT2D eigenvalue weighted by Gasteiger charge is -2.35. The van der Waals surface area contributed by atoms with E-state index >= 15 is 0 Å². The minimum absolute atomic E-state index is 0.0519. The topological polar surface area (TPSA) is 77.8 Å². The maximum absolute atomic E-state index is 11.7. The zero-order chi connectivity index (χ0) is 20.8. The molecule has 6 heteroatoms. The second-order valence-corrected chi connectivity index (χ2v) is 10.5. The first-order valence-corrected chi connectivity index (χ1v) is 12.0. The highest BCUT2D eigenvalue weighted by Crippen LogP contribution is 2.52. The Balaban J connectivity index is 3.86.